The van der Waals surface area contributed by atoms with Gasteiger partial charge < -0.3 is 10.3 Å². The Morgan fingerprint density at radius 1 is 1.53 bits per heavy atom. The number of hydrogen-bond donors (Lipinski definition) is 2. The molecule has 100 valence electrons. The molecule has 1 fully saturated rings. The third-order valence-electron chi connectivity index (χ3n) is 3.05. The number of benzene rings is 1. The molecule has 1 saturated carbocycles. The third kappa shape index (κ3) is 3.42. The van der Waals surface area contributed by atoms with Gasteiger partial charge >= 0.3 is 0 Å². The van der Waals surface area contributed by atoms with Crippen LogP contribution in [0.15, 0.2) is 23.4 Å². The van der Waals surface area contributed by atoms with E-state index in [9.17, 15) is 4.79 Å². The van der Waals surface area contributed by atoms with E-state index < -0.39 is 0 Å². The van der Waals surface area contributed by atoms with Crippen LogP contribution in [0.25, 0.3) is 11.0 Å². The van der Waals surface area contributed by atoms with Gasteiger partial charge in [-0.15, -0.1) is 0 Å². The second kappa shape index (κ2) is 5.43. The van der Waals surface area contributed by atoms with Crippen molar-refractivity contribution in [3.8, 4) is 0 Å². The largest absolute Gasteiger partial charge is 0.355 e. The maximum Gasteiger partial charge on any atom is 0.230 e. The summed E-state index contributed by atoms with van der Waals surface area (Å²) in [4.78, 5) is 19.2. The summed E-state index contributed by atoms with van der Waals surface area (Å²) in [6, 6.07) is 5.51. The number of H-pyrrole nitrogens is 1. The second-order valence-corrected chi connectivity index (χ2v) is 6.14. The highest BCUT2D eigenvalue weighted by molar-refractivity contribution is 7.99. The van der Waals surface area contributed by atoms with E-state index in [1.807, 2.05) is 18.2 Å². The van der Waals surface area contributed by atoms with Gasteiger partial charge in [0.25, 0.3) is 0 Å². The molecule has 0 saturated heterocycles. The number of imidazole rings is 1. The fourth-order valence-corrected chi connectivity index (χ4v) is 2.68. The van der Waals surface area contributed by atoms with Crippen molar-refractivity contribution in [3.05, 3.63) is 23.2 Å². The molecule has 0 aliphatic heterocycles. The predicted octanol–water partition coefficient (Wildman–Crippen LogP) is 2.83. The van der Waals surface area contributed by atoms with Crippen LogP contribution in [0.3, 0.4) is 0 Å². The SMILES string of the molecule is O=C(CSc1nc2ccc(Cl)cc2[nH]1)NCC1CC1. The highest BCUT2D eigenvalue weighted by Gasteiger charge is 2.21. The lowest BCUT2D eigenvalue weighted by Gasteiger charge is -2.01. The summed E-state index contributed by atoms with van der Waals surface area (Å²) in [5, 5.41) is 4.36. The van der Waals surface area contributed by atoms with Crippen LogP contribution < -0.4 is 5.32 Å². The number of carbonyl (C=O) groups is 1. The molecule has 0 unspecified atom stereocenters. The Morgan fingerprint density at radius 3 is 3.16 bits per heavy atom. The van der Waals surface area contributed by atoms with Crippen LogP contribution in [0.5, 0.6) is 0 Å². The first-order valence-electron chi connectivity index (χ1n) is 6.25. The van der Waals surface area contributed by atoms with Gasteiger partial charge in [-0.25, -0.2) is 4.98 Å². The number of rotatable bonds is 5. The first-order chi connectivity index (χ1) is 9.20. The quantitative estimate of drug-likeness (QED) is 0.834. The van der Waals surface area contributed by atoms with Gasteiger partial charge in [-0.3, -0.25) is 4.79 Å². The molecule has 1 aromatic heterocycles. The molecule has 1 heterocycles. The minimum atomic E-state index is 0.0652. The Balaban J connectivity index is 1.56. The van der Waals surface area contributed by atoms with Crippen LogP contribution in [0, 0.1) is 5.92 Å². The summed E-state index contributed by atoms with van der Waals surface area (Å²) < 4.78 is 0. The summed E-state index contributed by atoms with van der Waals surface area (Å²) in [6.45, 7) is 0.815. The smallest absolute Gasteiger partial charge is 0.230 e. The Labute approximate surface area is 120 Å². The second-order valence-electron chi connectivity index (χ2n) is 4.74. The number of aromatic amines is 1. The minimum absolute atomic E-state index is 0.0652. The molecule has 19 heavy (non-hydrogen) atoms. The predicted molar refractivity (Wildman–Crippen MR) is 77.6 cm³/mol. The van der Waals surface area contributed by atoms with Crippen LogP contribution in [0.1, 0.15) is 12.8 Å². The molecule has 1 aliphatic carbocycles. The zero-order valence-corrected chi connectivity index (χ0v) is 11.9. The van der Waals surface area contributed by atoms with Crippen molar-refractivity contribution >= 4 is 40.3 Å². The van der Waals surface area contributed by atoms with Crippen LogP contribution >= 0.6 is 23.4 Å². The zero-order chi connectivity index (χ0) is 13.2. The maximum atomic E-state index is 11.6. The van der Waals surface area contributed by atoms with Gasteiger partial charge in [0.2, 0.25) is 5.91 Å². The highest BCUT2D eigenvalue weighted by atomic mass is 35.5. The molecule has 0 spiro atoms. The Bertz CT molecular complexity index is 609. The molecule has 0 atom stereocenters. The van der Waals surface area contributed by atoms with Crippen molar-refractivity contribution in [2.24, 2.45) is 5.92 Å². The molecule has 2 N–H and O–H groups in total. The van der Waals surface area contributed by atoms with Gasteiger partial charge in [0.15, 0.2) is 5.16 Å². The summed E-state index contributed by atoms with van der Waals surface area (Å²) in [5.74, 6) is 1.16. The highest BCUT2D eigenvalue weighted by Crippen LogP contribution is 2.27. The molecule has 3 rings (SSSR count). The number of aromatic nitrogens is 2. The Morgan fingerprint density at radius 2 is 2.37 bits per heavy atom. The fraction of sp³-hybridized carbons (Fsp3) is 0.385. The van der Waals surface area contributed by atoms with Gasteiger partial charge in [0.1, 0.15) is 0 Å². The molecule has 4 nitrogen and oxygen atoms in total. The first kappa shape index (κ1) is 12.8. The molecule has 0 bridgehead atoms. The van der Waals surface area contributed by atoms with Gasteiger partial charge in [-0.1, -0.05) is 23.4 Å². The van der Waals surface area contributed by atoms with E-state index in [1.165, 1.54) is 24.6 Å². The van der Waals surface area contributed by atoms with E-state index >= 15 is 0 Å². The average molecular weight is 296 g/mol. The number of amides is 1. The number of fused-ring (bicyclic) bond motifs is 1. The number of carbonyl (C=O) groups excluding carboxylic acids is 1. The summed E-state index contributed by atoms with van der Waals surface area (Å²) in [6.07, 6.45) is 2.50. The lowest BCUT2D eigenvalue weighted by molar-refractivity contribution is -0.118. The topological polar surface area (TPSA) is 57.8 Å². The lowest BCUT2D eigenvalue weighted by Crippen LogP contribution is -2.27. The van der Waals surface area contributed by atoms with E-state index in [4.69, 9.17) is 11.6 Å². The molecule has 1 aromatic carbocycles. The summed E-state index contributed by atoms with van der Waals surface area (Å²) in [5.41, 5.74) is 1.76. The molecular formula is C13H14ClN3OS. The molecule has 1 aliphatic rings. The summed E-state index contributed by atoms with van der Waals surface area (Å²) >= 11 is 7.32. The van der Waals surface area contributed by atoms with Gasteiger partial charge in [-0.05, 0) is 37.0 Å². The number of halogens is 1. The normalized spacial score (nSPS) is 14.8. The van der Waals surface area contributed by atoms with Crippen molar-refractivity contribution in [1.29, 1.82) is 0 Å². The molecular weight excluding hydrogens is 282 g/mol. The van der Waals surface area contributed by atoms with Crippen LogP contribution in [0.4, 0.5) is 0 Å². The fourth-order valence-electron chi connectivity index (χ4n) is 1.79. The molecule has 1 amide bonds. The van der Waals surface area contributed by atoms with Crippen molar-refractivity contribution < 1.29 is 4.79 Å². The number of nitrogens with one attached hydrogen (secondary N) is 2. The van der Waals surface area contributed by atoms with Crippen molar-refractivity contribution in [2.75, 3.05) is 12.3 Å². The molecule has 6 heteroatoms. The molecule has 2 aromatic rings. The van der Waals surface area contributed by atoms with Crippen molar-refractivity contribution in [3.63, 3.8) is 0 Å². The number of thioether (sulfide) groups is 1. The van der Waals surface area contributed by atoms with Gasteiger partial charge in [0, 0.05) is 11.6 Å². The third-order valence-corrected chi connectivity index (χ3v) is 4.16. The van der Waals surface area contributed by atoms with E-state index in [2.05, 4.69) is 15.3 Å². The van der Waals surface area contributed by atoms with Gasteiger partial charge in [0.05, 0.1) is 16.8 Å². The van der Waals surface area contributed by atoms with Crippen LogP contribution in [-0.2, 0) is 4.79 Å². The number of hydrogen-bond acceptors (Lipinski definition) is 3. The Kier molecular flexibility index (Phi) is 3.66. The van der Waals surface area contributed by atoms with Crippen LogP contribution in [0.2, 0.25) is 5.02 Å². The molecule has 0 radical (unpaired) electrons. The lowest BCUT2D eigenvalue weighted by atomic mass is 10.3. The number of nitrogens with zero attached hydrogens (tertiary/aromatic N) is 1. The van der Waals surface area contributed by atoms with Crippen molar-refractivity contribution in [2.45, 2.75) is 18.0 Å². The van der Waals surface area contributed by atoms with E-state index in [0.29, 0.717) is 16.7 Å². The van der Waals surface area contributed by atoms with Crippen molar-refractivity contribution in [1.82, 2.24) is 15.3 Å². The van der Waals surface area contributed by atoms with E-state index in [1.54, 1.807) is 0 Å². The monoisotopic (exact) mass is 295 g/mol. The van der Waals surface area contributed by atoms with E-state index in [0.717, 1.165) is 22.7 Å². The average Bonchev–Trinajstić information content (AvgIpc) is 3.13. The standard InChI is InChI=1S/C13H14ClN3OS/c14-9-3-4-10-11(5-9)17-13(16-10)19-7-12(18)15-6-8-1-2-8/h3-5,8H,1-2,6-7H2,(H,15,18)(H,16,17). The Hall–Kier alpha value is -1.20. The van der Waals surface area contributed by atoms with Crippen LogP contribution in [-0.4, -0.2) is 28.2 Å². The van der Waals surface area contributed by atoms with Gasteiger partial charge in [-0.2, -0.15) is 0 Å². The van der Waals surface area contributed by atoms with E-state index in [-0.39, 0.29) is 5.91 Å². The minimum Gasteiger partial charge on any atom is -0.355 e. The zero-order valence-electron chi connectivity index (χ0n) is 10.3. The maximum absolute atomic E-state index is 11.6. The first-order valence-corrected chi connectivity index (χ1v) is 7.62. The summed E-state index contributed by atoms with van der Waals surface area (Å²) in [7, 11) is 0.